The van der Waals surface area contributed by atoms with E-state index in [1.54, 1.807) is 6.07 Å². The van der Waals surface area contributed by atoms with E-state index in [1.807, 2.05) is 19.1 Å². The summed E-state index contributed by atoms with van der Waals surface area (Å²) in [5, 5.41) is 16.1. The second-order valence-electron chi connectivity index (χ2n) is 6.65. The standard InChI is InChI=1S/C17H23ClN2O3/c1-17(10-21,11-7-8-11)20-16(22)19-14-6-3-9-23-15-12(14)4-2-5-13(15)18/h2,4-5,11,14,21H,3,6-10H2,1H3,(H2,19,20,22). The van der Waals surface area contributed by atoms with Gasteiger partial charge in [0.05, 0.1) is 29.8 Å². The zero-order valence-corrected chi connectivity index (χ0v) is 14.0. The lowest BCUT2D eigenvalue weighted by molar-refractivity contribution is 0.154. The number of ether oxygens (including phenoxy) is 1. The molecule has 3 N–H and O–H groups in total. The Kier molecular flexibility index (Phi) is 4.69. The van der Waals surface area contributed by atoms with Crippen molar-refractivity contribution < 1.29 is 14.6 Å². The van der Waals surface area contributed by atoms with E-state index < -0.39 is 5.54 Å². The van der Waals surface area contributed by atoms with Crippen molar-refractivity contribution in [1.29, 1.82) is 0 Å². The molecule has 0 bridgehead atoms. The fraction of sp³-hybridized carbons (Fsp3) is 0.588. The fourth-order valence-electron chi connectivity index (χ4n) is 3.16. The highest BCUT2D eigenvalue weighted by molar-refractivity contribution is 6.32. The number of fused-ring (bicyclic) bond motifs is 1. The number of amides is 2. The number of nitrogens with one attached hydrogen (secondary N) is 2. The Morgan fingerprint density at radius 1 is 1.43 bits per heavy atom. The number of hydrogen-bond acceptors (Lipinski definition) is 3. The van der Waals surface area contributed by atoms with Gasteiger partial charge in [0.1, 0.15) is 5.75 Å². The quantitative estimate of drug-likeness (QED) is 0.790. The largest absolute Gasteiger partial charge is 0.492 e. The van der Waals surface area contributed by atoms with Gasteiger partial charge in [0.25, 0.3) is 0 Å². The molecule has 1 aliphatic heterocycles. The van der Waals surface area contributed by atoms with Gasteiger partial charge in [-0.15, -0.1) is 0 Å². The molecule has 23 heavy (non-hydrogen) atoms. The molecule has 1 aliphatic carbocycles. The van der Waals surface area contributed by atoms with Crippen LogP contribution in [0.15, 0.2) is 18.2 Å². The van der Waals surface area contributed by atoms with E-state index in [2.05, 4.69) is 10.6 Å². The normalized spacial score (nSPS) is 23.0. The van der Waals surface area contributed by atoms with Crippen molar-refractivity contribution >= 4 is 17.6 Å². The summed E-state index contributed by atoms with van der Waals surface area (Å²) in [6, 6.07) is 5.19. The van der Waals surface area contributed by atoms with Crippen LogP contribution in [0.1, 0.15) is 44.2 Å². The van der Waals surface area contributed by atoms with Crippen molar-refractivity contribution in [3.63, 3.8) is 0 Å². The Balaban J connectivity index is 1.72. The minimum atomic E-state index is -0.553. The van der Waals surface area contributed by atoms with Crippen LogP contribution in [-0.2, 0) is 0 Å². The Labute approximate surface area is 141 Å². The maximum atomic E-state index is 12.4. The van der Waals surface area contributed by atoms with Gasteiger partial charge in [0.2, 0.25) is 0 Å². The second kappa shape index (κ2) is 6.57. The van der Waals surface area contributed by atoms with Crippen LogP contribution in [0.4, 0.5) is 4.79 Å². The van der Waals surface area contributed by atoms with Crippen LogP contribution < -0.4 is 15.4 Å². The molecule has 1 saturated carbocycles. The van der Waals surface area contributed by atoms with Crippen LogP contribution >= 0.6 is 11.6 Å². The third-order valence-electron chi connectivity index (χ3n) is 4.77. The van der Waals surface area contributed by atoms with Gasteiger partial charge in [-0.1, -0.05) is 23.7 Å². The number of halogens is 1. The molecule has 3 rings (SSSR count). The number of benzene rings is 1. The number of rotatable bonds is 4. The Hall–Kier alpha value is -1.46. The van der Waals surface area contributed by atoms with Gasteiger partial charge in [0.15, 0.2) is 0 Å². The van der Waals surface area contributed by atoms with Crippen molar-refractivity contribution in [2.24, 2.45) is 5.92 Å². The Morgan fingerprint density at radius 2 is 2.22 bits per heavy atom. The van der Waals surface area contributed by atoms with Crippen molar-refractivity contribution in [2.45, 2.75) is 44.2 Å². The van der Waals surface area contributed by atoms with Crippen LogP contribution in [0.25, 0.3) is 0 Å². The molecule has 5 nitrogen and oxygen atoms in total. The molecule has 2 aliphatic rings. The molecule has 1 heterocycles. The third-order valence-corrected chi connectivity index (χ3v) is 5.07. The van der Waals surface area contributed by atoms with Crippen molar-refractivity contribution in [3.05, 3.63) is 28.8 Å². The summed E-state index contributed by atoms with van der Waals surface area (Å²) in [6.45, 7) is 2.43. The first-order valence-electron chi connectivity index (χ1n) is 8.14. The molecule has 0 aromatic heterocycles. The van der Waals surface area contributed by atoms with E-state index in [4.69, 9.17) is 16.3 Å². The summed E-state index contributed by atoms with van der Waals surface area (Å²) >= 11 is 6.21. The van der Waals surface area contributed by atoms with Crippen LogP contribution in [-0.4, -0.2) is 29.9 Å². The van der Waals surface area contributed by atoms with Crippen molar-refractivity contribution in [3.8, 4) is 5.75 Å². The van der Waals surface area contributed by atoms with Crippen LogP contribution in [0.5, 0.6) is 5.75 Å². The van der Waals surface area contributed by atoms with Gasteiger partial charge in [0, 0.05) is 5.56 Å². The molecule has 2 atom stereocenters. The van der Waals surface area contributed by atoms with E-state index in [1.165, 1.54) is 0 Å². The number of carbonyl (C=O) groups is 1. The molecule has 126 valence electrons. The SMILES string of the molecule is CC(CO)(NC(=O)NC1CCCOc2c(Cl)cccc21)C1CC1. The minimum Gasteiger partial charge on any atom is -0.492 e. The first-order valence-corrected chi connectivity index (χ1v) is 8.52. The van der Waals surface area contributed by atoms with E-state index in [0.29, 0.717) is 23.3 Å². The molecular weight excluding hydrogens is 316 g/mol. The highest BCUT2D eigenvalue weighted by atomic mass is 35.5. The molecule has 0 radical (unpaired) electrons. The van der Waals surface area contributed by atoms with Crippen molar-refractivity contribution in [1.82, 2.24) is 10.6 Å². The smallest absolute Gasteiger partial charge is 0.315 e. The number of aliphatic hydroxyl groups is 1. The van der Waals surface area contributed by atoms with Gasteiger partial charge < -0.3 is 20.5 Å². The summed E-state index contributed by atoms with van der Waals surface area (Å²) in [5.41, 5.74) is 0.352. The zero-order chi connectivity index (χ0) is 16.4. The van der Waals surface area contributed by atoms with Crippen molar-refractivity contribution in [2.75, 3.05) is 13.2 Å². The number of hydrogen-bond donors (Lipinski definition) is 3. The minimum absolute atomic E-state index is 0.0543. The van der Waals surface area contributed by atoms with E-state index >= 15 is 0 Å². The highest BCUT2D eigenvalue weighted by Gasteiger charge is 2.42. The molecule has 6 heteroatoms. The molecule has 0 spiro atoms. The monoisotopic (exact) mass is 338 g/mol. The topological polar surface area (TPSA) is 70.6 Å². The van der Waals surface area contributed by atoms with E-state index in [-0.39, 0.29) is 18.7 Å². The van der Waals surface area contributed by atoms with Gasteiger partial charge in [-0.25, -0.2) is 4.79 Å². The summed E-state index contributed by atoms with van der Waals surface area (Å²) in [5.74, 6) is 1.02. The lowest BCUT2D eigenvalue weighted by atomic mass is 9.97. The lowest BCUT2D eigenvalue weighted by Crippen LogP contribution is -2.54. The fourth-order valence-corrected chi connectivity index (χ4v) is 3.40. The first kappa shape index (κ1) is 16.4. The lowest BCUT2D eigenvalue weighted by Gasteiger charge is -2.30. The average Bonchev–Trinajstić information content (AvgIpc) is 3.36. The summed E-state index contributed by atoms with van der Waals surface area (Å²) < 4.78 is 5.72. The molecule has 0 saturated heterocycles. The molecule has 1 fully saturated rings. The third kappa shape index (κ3) is 3.56. The maximum absolute atomic E-state index is 12.4. The van der Waals surface area contributed by atoms with E-state index in [9.17, 15) is 9.90 Å². The Bertz CT molecular complexity index is 591. The van der Waals surface area contributed by atoms with Gasteiger partial charge in [-0.3, -0.25) is 0 Å². The van der Waals surface area contributed by atoms with Crippen LogP contribution in [0.3, 0.4) is 0 Å². The van der Waals surface area contributed by atoms with Gasteiger partial charge in [-0.2, -0.15) is 0 Å². The van der Waals surface area contributed by atoms with Crippen LogP contribution in [0.2, 0.25) is 5.02 Å². The van der Waals surface area contributed by atoms with Crippen LogP contribution in [0, 0.1) is 5.92 Å². The van der Waals surface area contributed by atoms with Gasteiger partial charge >= 0.3 is 6.03 Å². The summed E-state index contributed by atoms with van der Waals surface area (Å²) in [7, 11) is 0. The number of aliphatic hydroxyl groups excluding tert-OH is 1. The number of para-hydroxylation sites is 1. The summed E-state index contributed by atoms with van der Waals surface area (Å²) in [6.07, 6.45) is 3.73. The predicted octanol–water partition coefficient (Wildman–Crippen LogP) is 3.01. The molecule has 1 aromatic rings. The number of carbonyl (C=O) groups excluding carboxylic acids is 1. The summed E-state index contributed by atoms with van der Waals surface area (Å²) in [4.78, 5) is 12.4. The molecule has 2 unspecified atom stereocenters. The zero-order valence-electron chi connectivity index (χ0n) is 13.3. The first-order chi connectivity index (χ1) is 11.0. The second-order valence-corrected chi connectivity index (χ2v) is 7.06. The average molecular weight is 339 g/mol. The number of urea groups is 1. The maximum Gasteiger partial charge on any atom is 0.315 e. The van der Waals surface area contributed by atoms with Gasteiger partial charge in [-0.05, 0) is 44.6 Å². The predicted molar refractivity (Wildman–Crippen MR) is 88.8 cm³/mol. The molecule has 2 amide bonds. The molecule has 1 aromatic carbocycles. The molecular formula is C17H23ClN2O3. The highest BCUT2D eigenvalue weighted by Crippen LogP contribution is 2.40. The Morgan fingerprint density at radius 3 is 2.91 bits per heavy atom. The van der Waals surface area contributed by atoms with E-state index in [0.717, 1.165) is 31.2 Å².